The van der Waals surface area contributed by atoms with Gasteiger partial charge in [0.25, 0.3) is 0 Å². The van der Waals surface area contributed by atoms with Crippen LogP contribution in [0.5, 0.6) is 0 Å². The molecule has 0 spiro atoms. The number of ether oxygens (including phenoxy) is 1. The van der Waals surface area contributed by atoms with Crippen molar-refractivity contribution >= 4 is 47.2 Å². The van der Waals surface area contributed by atoms with Gasteiger partial charge >= 0.3 is 12.0 Å². The first-order chi connectivity index (χ1) is 27.6. The lowest BCUT2D eigenvalue weighted by molar-refractivity contribution is -0.163. The molecule has 17 heteroatoms. The first kappa shape index (κ1) is 42.0. The van der Waals surface area contributed by atoms with Gasteiger partial charge in [0.05, 0.1) is 0 Å². The molecule has 4 saturated heterocycles. The normalized spacial score (nSPS) is 27.5. The van der Waals surface area contributed by atoms with Crippen LogP contribution in [0.3, 0.4) is 0 Å². The van der Waals surface area contributed by atoms with Gasteiger partial charge in [0.15, 0.2) is 0 Å². The van der Waals surface area contributed by atoms with E-state index in [1.807, 2.05) is 13.8 Å². The van der Waals surface area contributed by atoms with Crippen molar-refractivity contribution in [2.24, 2.45) is 5.92 Å². The summed E-state index contributed by atoms with van der Waals surface area (Å²) in [5.41, 5.74) is 1.36. The molecular formula is C41H51F2N7O8. The number of nitrogens with one attached hydrogen (secondary N) is 4. The molecule has 4 fully saturated rings. The lowest BCUT2D eigenvalue weighted by atomic mass is 9.99. The van der Waals surface area contributed by atoms with E-state index in [1.165, 1.54) is 28.5 Å². The molecule has 4 N–H and O–H groups in total. The summed E-state index contributed by atoms with van der Waals surface area (Å²) in [6.07, 6.45) is 0.815. The van der Waals surface area contributed by atoms with Gasteiger partial charge in [-0.15, -0.1) is 0 Å². The zero-order valence-corrected chi connectivity index (χ0v) is 33.1. The van der Waals surface area contributed by atoms with Crippen molar-refractivity contribution in [2.45, 2.75) is 115 Å². The summed E-state index contributed by atoms with van der Waals surface area (Å²) in [7, 11) is 0. The number of fused-ring (bicyclic) bond motifs is 3. The van der Waals surface area contributed by atoms with Gasteiger partial charge in [0.2, 0.25) is 29.5 Å². The van der Waals surface area contributed by atoms with E-state index in [9.17, 15) is 42.3 Å². The monoisotopic (exact) mass is 807 g/mol. The fourth-order valence-corrected chi connectivity index (χ4v) is 8.36. The Balaban J connectivity index is 1.34. The van der Waals surface area contributed by atoms with Crippen molar-refractivity contribution in [3.05, 3.63) is 65.2 Å². The average molecular weight is 808 g/mol. The topological polar surface area (TPSA) is 187 Å². The number of carbonyl (C=O) groups is 7. The van der Waals surface area contributed by atoms with E-state index in [-0.39, 0.29) is 44.0 Å². The average Bonchev–Trinajstić information content (AvgIpc) is 3.83. The molecule has 3 unspecified atom stereocenters. The summed E-state index contributed by atoms with van der Waals surface area (Å²) >= 11 is 0. The fraction of sp³-hybridized carbons (Fsp3) is 0.537. The van der Waals surface area contributed by atoms with E-state index < -0.39 is 102 Å². The lowest BCUT2D eigenvalue weighted by Crippen LogP contribution is -2.63. The number of cyclic esters (lactones) is 1. The third-order valence-electron chi connectivity index (χ3n) is 11.3. The minimum Gasteiger partial charge on any atom is -0.458 e. The van der Waals surface area contributed by atoms with Crippen molar-refractivity contribution in [1.29, 1.82) is 0 Å². The predicted molar refractivity (Wildman–Crippen MR) is 206 cm³/mol. The Labute approximate surface area is 335 Å². The van der Waals surface area contributed by atoms with Crippen molar-refractivity contribution < 1.29 is 47.1 Å². The number of carbonyl (C=O) groups excluding carboxylic acids is 7. The number of hydrogen-bond donors (Lipinski definition) is 4. The molecule has 0 aliphatic carbocycles. The van der Waals surface area contributed by atoms with Crippen molar-refractivity contribution in [1.82, 2.24) is 30.7 Å². The number of anilines is 1. The van der Waals surface area contributed by atoms with Crippen LogP contribution in [-0.2, 0) is 39.9 Å². The van der Waals surface area contributed by atoms with Crippen molar-refractivity contribution in [3.8, 4) is 0 Å². The molecule has 312 valence electrons. The fourth-order valence-electron chi connectivity index (χ4n) is 8.36. The number of halogens is 2. The van der Waals surface area contributed by atoms with Gasteiger partial charge in [0, 0.05) is 37.8 Å². The van der Waals surface area contributed by atoms with Gasteiger partial charge in [-0.25, -0.2) is 18.4 Å². The largest absolute Gasteiger partial charge is 0.458 e. The molecule has 0 bridgehead atoms. The van der Waals surface area contributed by atoms with Crippen LogP contribution in [0.15, 0.2) is 42.5 Å². The first-order valence-electron chi connectivity index (χ1n) is 19.9. The van der Waals surface area contributed by atoms with Gasteiger partial charge in [-0.3, -0.25) is 24.0 Å². The number of hydrogen-bond acceptors (Lipinski definition) is 8. The second-order valence-corrected chi connectivity index (χ2v) is 15.9. The molecule has 6 rings (SSSR count). The summed E-state index contributed by atoms with van der Waals surface area (Å²) in [4.78, 5) is 102. The standard InChI is InChI=1S/C41H51F2N7O8/c1-22-10-12-29(13-11-22)45-41(57)46-30(19-26-17-27(42)20-28(43)18-26)35(51)47-34-25(4)58-40(56)33-16-23(2)21-50(33)37(53)24(3)44-36(52)31-8-5-6-14-48(31)38(54)32-9-7-15-49(32)39(34)55/h10-13,17-18,20,23-25,30-34H,5-9,14-16,19,21H2,1-4H3,(H,44,52)(H,47,51)(H2,45,46,57)/t23-,24+,25+,30+,31?,32?,33?,34+/m1/s1. The minimum absolute atomic E-state index is 0.0248. The maximum absolute atomic E-state index is 14.7. The second kappa shape index (κ2) is 17.9. The first-order valence-corrected chi connectivity index (χ1v) is 19.9. The van der Waals surface area contributed by atoms with Crippen LogP contribution in [0.2, 0.25) is 0 Å². The molecule has 4 aliphatic rings. The summed E-state index contributed by atoms with van der Waals surface area (Å²) < 4.78 is 34.5. The van der Waals surface area contributed by atoms with Crippen LogP contribution in [0.1, 0.15) is 70.4 Å². The Hall–Kier alpha value is -5.61. The van der Waals surface area contributed by atoms with Crippen molar-refractivity contribution in [2.75, 3.05) is 25.0 Å². The molecule has 2 aromatic rings. The van der Waals surface area contributed by atoms with Crippen LogP contribution in [-0.4, -0.2) is 118 Å². The third-order valence-corrected chi connectivity index (χ3v) is 11.3. The molecule has 8 atom stereocenters. The highest BCUT2D eigenvalue weighted by Gasteiger charge is 2.47. The van der Waals surface area contributed by atoms with E-state index in [4.69, 9.17) is 4.74 Å². The maximum Gasteiger partial charge on any atom is 0.329 e. The summed E-state index contributed by atoms with van der Waals surface area (Å²) in [6, 6.07) is 1.56. The smallest absolute Gasteiger partial charge is 0.329 e. The molecule has 4 heterocycles. The number of benzene rings is 2. The zero-order valence-electron chi connectivity index (χ0n) is 33.1. The quantitative estimate of drug-likeness (QED) is 0.321. The number of nitrogens with zero attached hydrogens (tertiary/aromatic N) is 3. The highest BCUT2D eigenvalue weighted by atomic mass is 19.1. The Kier molecular flexibility index (Phi) is 13.0. The maximum atomic E-state index is 14.7. The number of esters is 1. The van der Waals surface area contributed by atoms with Crippen LogP contribution < -0.4 is 21.3 Å². The van der Waals surface area contributed by atoms with Gasteiger partial charge < -0.3 is 40.7 Å². The Morgan fingerprint density at radius 1 is 0.828 bits per heavy atom. The van der Waals surface area contributed by atoms with Gasteiger partial charge in [0.1, 0.15) is 54.0 Å². The van der Waals surface area contributed by atoms with E-state index >= 15 is 0 Å². The summed E-state index contributed by atoms with van der Waals surface area (Å²) in [5, 5.41) is 10.6. The van der Waals surface area contributed by atoms with E-state index in [0.29, 0.717) is 37.4 Å². The molecular weight excluding hydrogens is 756 g/mol. The predicted octanol–water partition coefficient (Wildman–Crippen LogP) is 2.55. The minimum atomic E-state index is -1.62. The molecule has 2 aromatic carbocycles. The number of piperidine rings is 1. The highest BCUT2D eigenvalue weighted by molar-refractivity contribution is 5.98. The lowest BCUT2D eigenvalue weighted by Gasteiger charge is -2.39. The van der Waals surface area contributed by atoms with Gasteiger partial charge in [-0.2, -0.15) is 0 Å². The zero-order chi connectivity index (χ0) is 41.8. The van der Waals surface area contributed by atoms with Crippen LogP contribution in [0.4, 0.5) is 19.3 Å². The Morgan fingerprint density at radius 2 is 1.48 bits per heavy atom. The van der Waals surface area contributed by atoms with Gasteiger partial charge in [-0.05, 0) is 95.0 Å². The molecule has 0 saturated carbocycles. The van der Waals surface area contributed by atoms with E-state index in [2.05, 4.69) is 21.3 Å². The molecule has 0 radical (unpaired) electrons. The molecule has 0 aromatic heterocycles. The van der Waals surface area contributed by atoms with E-state index in [1.54, 1.807) is 24.3 Å². The van der Waals surface area contributed by atoms with Crippen LogP contribution in [0.25, 0.3) is 0 Å². The van der Waals surface area contributed by atoms with Crippen molar-refractivity contribution in [3.63, 3.8) is 0 Å². The Bertz CT molecular complexity index is 1910. The molecule has 15 nitrogen and oxygen atoms in total. The third kappa shape index (κ3) is 9.56. The van der Waals surface area contributed by atoms with Crippen LogP contribution >= 0.6 is 0 Å². The van der Waals surface area contributed by atoms with Gasteiger partial charge in [-0.1, -0.05) is 24.6 Å². The highest BCUT2D eigenvalue weighted by Crippen LogP contribution is 2.29. The van der Waals surface area contributed by atoms with E-state index in [0.717, 1.165) is 17.7 Å². The number of aryl methyl sites for hydroxylation is 1. The summed E-state index contributed by atoms with van der Waals surface area (Å²) in [5.74, 6) is -5.95. The van der Waals surface area contributed by atoms with Crippen LogP contribution in [0, 0.1) is 24.5 Å². The SMILES string of the molecule is Cc1ccc(NC(=O)N[C@@H](Cc2cc(F)cc(F)c2)C(=O)N[C@@H]2C(=O)N3CCCC3C(=O)N3CCCCC3C(=O)N[C@@H](C)C(=O)N3C[C@H](C)CC3C(=O)O[C@H]2C)cc1. The number of amides is 7. The molecule has 58 heavy (non-hydrogen) atoms. The number of rotatable bonds is 6. The Morgan fingerprint density at radius 3 is 2.19 bits per heavy atom. The summed E-state index contributed by atoms with van der Waals surface area (Å²) in [6.45, 7) is 7.24. The number of urea groups is 1. The molecule has 7 amide bonds. The second-order valence-electron chi connectivity index (χ2n) is 15.9. The molecule has 4 aliphatic heterocycles.